The van der Waals surface area contributed by atoms with E-state index in [4.69, 9.17) is 11.6 Å². The Labute approximate surface area is 148 Å². The average molecular weight is 365 g/mol. The molecule has 2 aromatic rings. The van der Waals surface area contributed by atoms with Crippen LogP contribution in [-0.4, -0.2) is 34.4 Å². The van der Waals surface area contributed by atoms with Crippen molar-refractivity contribution >= 4 is 40.9 Å². The van der Waals surface area contributed by atoms with Crippen molar-refractivity contribution in [2.45, 2.75) is 6.04 Å². The number of anilines is 1. The van der Waals surface area contributed by atoms with E-state index in [1.165, 1.54) is 28.8 Å². The molecule has 1 aliphatic rings. The van der Waals surface area contributed by atoms with Crippen molar-refractivity contribution in [3.63, 3.8) is 0 Å². The van der Waals surface area contributed by atoms with E-state index in [-0.39, 0.29) is 11.6 Å². The van der Waals surface area contributed by atoms with Crippen LogP contribution in [0.4, 0.5) is 10.1 Å². The molecule has 0 unspecified atom stereocenters. The van der Waals surface area contributed by atoms with Gasteiger partial charge in [0.25, 0.3) is 5.91 Å². The second-order valence-corrected chi connectivity index (χ2v) is 6.65. The normalized spacial score (nSPS) is 16.9. The summed E-state index contributed by atoms with van der Waals surface area (Å²) in [5.74, 6) is -0.388. The first-order chi connectivity index (χ1) is 11.6. The molecule has 1 fully saturated rings. The number of nitrogens with one attached hydrogen (secondary N) is 1. The SMILES string of the molecule is O=C(Nc1ccccc1F)[C@@H]1CSCN1C(=O)c1ccccc1Cl. The molecule has 2 aromatic carbocycles. The minimum absolute atomic E-state index is 0.101. The maximum atomic E-state index is 13.7. The van der Waals surface area contributed by atoms with Gasteiger partial charge in [-0.1, -0.05) is 35.9 Å². The molecule has 1 aliphatic heterocycles. The van der Waals surface area contributed by atoms with Crippen LogP contribution < -0.4 is 5.32 Å². The first kappa shape index (κ1) is 16.8. The van der Waals surface area contributed by atoms with E-state index in [1.54, 1.807) is 36.4 Å². The number of carbonyl (C=O) groups excluding carboxylic acids is 2. The molecule has 0 radical (unpaired) electrons. The Kier molecular flexibility index (Phi) is 5.06. The van der Waals surface area contributed by atoms with Crippen LogP contribution in [0, 0.1) is 5.82 Å². The zero-order valence-electron chi connectivity index (χ0n) is 12.5. The second-order valence-electron chi connectivity index (χ2n) is 5.24. The Hall–Kier alpha value is -2.05. The van der Waals surface area contributed by atoms with Gasteiger partial charge in [-0.15, -0.1) is 11.8 Å². The van der Waals surface area contributed by atoms with Gasteiger partial charge < -0.3 is 10.2 Å². The molecule has 2 amide bonds. The molecule has 1 atom stereocenters. The Morgan fingerprint density at radius 3 is 2.62 bits per heavy atom. The molecule has 0 spiro atoms. The van der Waals surface area contributed by atoms with Gasteiger partial charge in [0.2, 0.25) is 5.91 Å². The average Bonchev–Trinajstić information content (AvgIpc) is 3.06. The van der Waals surface area contributed by atoms with Crippen LogP contribution >= 0.6 is 23.4 Å². The third kappa shape index (κ3) is 3.39. The van der Waals surface area contributed by atoms with Crippen molar-refractivity contribution in [1.82, 2.24) is 4.90 Å². The summed E-state index contributed by atoms with van der Waals surface area (Å²) in [5, 5.41) is 2.89. The zero-order valence-corrected chi connectivity index (χ0v) is 14.1. The van der Waals surface area contributed by atoms with E-state index in [9.17, 15) is 14.0 Å². The maximum absolute atomic E-state index is 13.7. The Balaban J connectivity index is 1.78. The number of hydrogen-bond acceptors (Lipinski definition) is 3. The summed E-state index contributed by atoms with van der Waals surface area (Å²) >= 11 is 7.54. The largest absolute Gasteiger partial charge is 0.322 e. The Morgan fingerprint density at radius 2 is 1.88 bits per heavy atom. The van der Waals surface area contributed by atoms with Gasteiger partial charge in [-0.2, -0.15) is 0 Å². The molecular weight excluding hydrogens is 351 g/mol. The highest BCUT2D eigenvalue weighted by Crippen LogP contribution is 2.27. The van der Waals surface area contributed by atoms with Crippen molar-refractivity contribution in [3.8, 4) is 0 Å². The molecule has 4 nitrogen and oxygen atoms in total. The van der Waals surface area contributed by atoms with Gasteiger partial charge >= 0.3 is 0 Å². The van der Waals surface area contributed by atoms with E-state index in [1.807, 2.05) is 0 Å². The van der Waals surface area contributed by atoms with Crippen LogP contribution in [-0.2, 0) is 4.79 Å². The fourth-order valence-corrected chi connectivity index (χ4v) is 3.80. The van der Waals surface area contributed by atoms with Crippen molar-refractivity contribution in [2.24, 2.45) is 0 Å². The van der Waals surface area contributed by atoms with E-state index >= 15 is 0 Å². The molecule has 1 heterocycles. The third-order valence-electron chi connectivity index (χ3n) is 3.68. The zero-order chi connectivity index (χ0) is 17.1. The highest BCUT2D eigenvalue weighted by Gasteiger charge is 2.35. The van der Waals surface area contributed by atoms with Gasteiger partial charge in [-0.3, -0.25) is 9.59 Å². The molecule has 1 saturated heterocycles. The number of carbonyl (C=O) groups is 2. The van der Waals surface area contributed by atoms with E-state index in [0.29, 0.717) is 22.2 Å². The summed E-state index contributed by atoms with van der Waals surface area (Å²) in [4.78, 5) is 26.6. The van der Waals surface area contributed by atoms with Crippen LogP contribution in [0.25, 0.3) is 0 Å². The van der Waals surface area contributed by atoms with Crippen molar-refractivity contribution in [2.75, 3.05) is 16.9 Å². The minimum atomic E-state index is -0.668. The number of nitrogens with zero attached hydrogens (tertiary/aromatic N) is 1. The smallest absolute Gasteiger partial charge is 0.256 e. The predicted molar refractivity (Wildman–Crippen MR) is 93.8 cm³/mol. The number of amides is 2. The van der Waals surface area contributed by atoms with E-state index in [0.717, 1.165) is 0 Å². The fraction of sp³-hybridized carbons (Fsp3) is 0.176. The van der Waals surface area contributed by atoms with E-state index < -0.39 is 17.8 Å². The van der Waals surface area contributed by atoms with E-state index in [2.05, 4.69) is 5.32 Å². The van der Waals surface area contributed by atoms with Crippen molar-refractivity contribution < 1.29 is 14.0 Å². The molecule has 3 rings (SSSR count). The lowest BCUT2D eigenvalue weighted by Crippen LogP contribution is -2.44. The van der Waals surface area contributed by atoms with Gasteiger partial charge in [0, 0.05) is 5.75 Å². The summed E-state index contributed by atoms with van der Waals surface area (Å²) in [6, 6.07) is 12.0. The summed E-state index contributed by atoms with van der Waals surface area (Å²) in [6.45, 7) is 0. The molecule has 7 heteroatoms. The molecule has 124 valence electrons. The fourth-order valence-electron chi connectivity index (χ4n) is 2.43. The first-order valence-electron chi connectivity index (χ1n) is 7.26. The lowest BCUT2D eigenvalue weighted by molar-refractivity contribution is -0.119. The molecule has 24 heavy (non-hydrogen) atoms. The molecule has 0 saturated carbocycles. The molecule has 1 N–H and O–H groups in total. The molecular formula is C17H14ClFN2O2S. The monoisotopic (exact) mass is 364 g/mol. The molecule has 0 aromatic heterocycles. The van der Waals surface area contributed by atoms with Crippen LogP contribution in [0.3, 0.4) is 0 Å². The van der Waals surface area contributed by atoms with Gasteiger partial charge in [0.15, 0.2) is 0 Å². The summed E-state index contributed by atoms with van der Waals surface area (Å²) in [6.07, 6.45) is 0. The lowest BCUT2D eigenvalue weighted by Gasteiger charge is -2.23. The summed E-state index contributed by atoms with van der Waals surface area (Å²) in [5.41, 5.74) is 0.454. The van der Waals surface area contributed by atoms with Gasteiger partial charge in [0.05, 0.1) is 22.2 Å². The van der Waals surface area contributed by atoms with Crippen LogP contribution in [0.15, 0.2) is 48.5 Å². The minimum Gasteiger partial charge on any atom is -0.322 e. The van der Waals surface area contributed by atoms with Gasteiger partial charge in [-0.05, 0) is 24.3 Å². The molecule has 0 aliphatic carbocycles. The molecule has 0 bridgehead atoms. The summed E-state index contributed by atoms with van der Waals surface area (Å²) < 4.78 is 13.7. The van der Waals surface area contributed by atoms with Crippen LogP contribution in [0.5, 0.6) is 0 Å². The number of para-hydroxylation sites is 1. The standard InChI is InChI=1S/C17H14ClFN2O2S/c18-12-6-2-1-5-11(12)17(23)21-10-24-9-15(21)16(22)20-14-8-4-3-7-13(14)19/h1-8,15H,9-10H2,(H,20,22)/t15-/m0/s1. The summed E-state index contributed by atoms with van der Waals surface area (Å²) in [7, 11) is 0. The first-order valence-corrected chi connectivity index (χ1v) is 8.80. The lowest BCUT2D eigenvalue weighted by atomic mass is 10.1. The Bertz CT molecular complexity index is 787. The maximum Gasteiger partial charge on any atom is 0.256 e. The number of hydrogen-bond donors (Lipinski definition) is 1. The van der Waals surface area contributed by atoms with Crippen molar-refractivity contribution in [1.29, 1.82) is 0 Å². The Morgan fingerprint density at radius 1 is 1.17 bits per heavy atom. The number of rotatable bonds is 3. The topological polar surface area (TPSA) is 49.4 Å². The highest BCUT2D eigenvalue weighted by atomic mass is 35.5. The number of benzene rings is 2. The van der Waals surface area contributed by atoms with Crippen LogP contribution in [0.1, 0.15) is 10.4 Å². The second kappa shape index (κ2) is 7.23. The third-order valence-corrected chi connectivity index (χ3v) is 5.02. The quantitative estimate of drug-likeness (QED) is 0.904. The van der Waals surface area contributed by atoms with Crippen molar-refractivity contribution in [3.05, 3.63) is 64.9 Å². The predicted octanol–water partition coefficient (Wildman–Crippen LogP) is 3.63. The highest BCUT2D eigenvalue weighted by molar-refractivity contribution is 7.99. The van der Waals surface area contributed by atoms with Gasteiger partial charge in [0.1, 0.15) is 11.9 Å². The van der Waals surface area contributed by atoms with Gasteiger partial charge in [-0.25, -0.2) is 4.39 Å². The number of halogens is 2. The van der Waals surface area contributed by atoms with Crippen LogP contribution in [0.2, 0.25) is 5.02 Å². The number of thioether (sulfide) groups is 1.